The number of hydrogen-bond donors (Lipinski definition) is 1. The second-order valence-corrected chi connectivity index (χ2v) is 6.06. The van der Waals surface area contributed by atoms with Crippen LogP contribution in [0, 0.1) is 29.2 Å². The molecule has 27 heavy (non-hydrogen) atoms. The van der Waals surface area contributed by atoms with Crippen molar-refractivity contribution in [1.82, 2.24) is 10.5 Å². The summed E-state index contributed by atoms with van der Waals surface area (Å²) in [7, 11) is 0. The highest BCUT2D eigenvalue weighted by molar-refractivity contribution is 5.98. The van der Waals surface area contributed by atoms with E-state index in [0.29, 0.717) is 19.8 Å². The molecule has 0 bridgehead atoms. The number of carbonyl (C=O) groups excluding carboxylic acids is 2. The third-order valence-electron chi connectivity index (χ3n) is 4.13. The van der Waals surface area contributed by atoms with E-state index in [9.17, 15) is 27.2 Å². The van der Waals surface area contributed by atoms with Crippen LogP contribution < -0.4 is 5.32 Å². The summed E-state index contributed by atoms with van der Waals surface area (Å²) in [5, 5.41) is 6.03. The monoisotopic (exact) mass is 386 g/mol. The molecule has 0 radical (unpaired) electrons. The number of nitrogens with one attached hydrogen (secondary N) is 1. The van der Waals surface area contributed by atoms with E-state index in [4.69, 9.17) is 9.26 Å². The molecule has 1 aromatic heterocycles. The van der Waals surface area contributed by atoms with Crippen molar-refractivity contribution in [2.24, 2.45) is 5.92 Å². The predicted molar refractivity (Wildman–Crippen MR) is 82.1 cm³/mol. The van der Waals surface area contributed by atoms with Crippen LogP contribution in [0.5, 0.6) is 0 Å². The summed E-state index contributed by atoms with van der Waals surface area (Å²) in [5.41, 5.74) is -1.27. The number of Topliss-reactive ketones (excluding diaryl/α,β-unsaturated/α-hetero) is 1. The van der Waals surface area contributed by atoms with Gasteiger partial charge in [0.25, 0.3) is 5.91 Å². The molecule has 1 aromatic carbocycles. The second-order valence-electron chi connectivity index (χ2n) is 6.06. The van der Waals surface area contributed by atoms with Crippen molar-refractivity contribution in [1.29, 1.82) is 0 Å². The largest absolute Gasteiger partial charge is 0.381 e. The van der Waals surface area contributed by atoms with Gasteiger partial charge in [-0.2, -0.15) is 0 Å². The van der Waals surface area contributed by atoms with Gasteiger partial charge in [0.1, 0.15) is 0 Å². The van der Waals surface area contributed by atoms with Crippen LogP contribution in [0.25, 0.3) is 0 Å². The number of aromatic nitrogens is 1. The van der Waals surface area contributed by atoms with Crippen LogP contribution in [0.1, 0.15) is 33.0 Å². The Morgan fingerprint density at radius 1 is 1.15 bits per heavy atom. The molecule has 144 valence electrons. The van der Waals surface area contributed by atoms with Gasteiger partial charge in [0.05, 0.1) is 6.61 Å². The summed E-state index contributed by atoms with van der Waals surface area (Å²) < 4.78 is 63.6. The SMILES string of the molecule is O=C(NCC1CCOC1)c1cc(C(=O)Cc2c(F)c(F)cc(F)c2F)on1. The summed E-state index contributed by atoms with van der Waals surface area (Å²) in [6.45, 7) is 1.51. The second kappa shape index (κ2) is 7.87. The highest BCUT2D eigenvalue weighted by Crippen LogP contribution is 2.21. The average Bonchev–Trinajstić information content (AvgIpc) is 3.33. The summed E-state index contributed by atoms with van der Waals surface area (Å²) in [4.78, 5) is 24.1. The first-order chi connectivity index (χ1) is 12.9. The molecule has 0 saturated carbocycles. The molecular formula is C17H14F4N2O4. The zero-order chi connectivity index (χ0) is 19.6. The van der Waals surface area contributed by atoms with Crippen LogP contribution >= 0.6 is 0 Å². The molecule has 1 fully saturated rings. The molecule has 2 heterocycles. The van der Waals surface area contributed by atoms with Crippen molar-refractivity contribution >= 4 is 11.7 Å². The third-order valence-corrected chi connectivity index (χ3v) is 4.13. The number of hydrogen-bond acceptors (Lipinski definition) is 5. The van der Waals surface area contributed by atoms with E-state index < -0.39 is 52.7 Å². The van der Waals surface area contributed by atoms with Gasteiger partial charge in [-0.25, -0.2) is 17.6 Å². The zero-order valence-electron chi connectivity index (χ0n) is 13.9. The van der Waals surface area contributed by atoms with Gasteiger partial charge in [-0.1, -0.05) is 5.16 Å². The van der Waals surface area contributed by atoms with E-state index in [1.54, 1.807) is 0 Å². The fraction of sp³-hybridized carbons (Fsp3) is 0.353. The minimum absolute atomic E-state index is 0.0465. The summed E-state index contributed by atoms with van der Waals surface area (Å²) >= 11 is 0. The number of ether oxygens (including phenoxy) is 1. The minimum atomic E-state index is -1.67. The van der Waals surface area contributed by atoms with Crippen LogP contribution in [0.15, 0.2) is 16.7 Å². The number of nitrogens with zero attached hydrogens (tertiary/aromatic N) is 1. The lowest BCUT2D eigenvalue weighted by Gasteiger charge is -2.07. The Hall–Kier alpha value is -2.75. The molecule has 3 rings (SSSR count). The molecule has 0 aliphatic carbocycles. The molecule has 1 aliphatic rings. The normalized spacial score (nSPS) is 16.5. The van der Waals surface area contributed by atoms with Crippen molar-refractivity contribution in [2.75, 3.05) is 19.8 Å². The Morgan fingerprint density at radius 2 is 1.85 bits per heavy atom. The van der Waals surface area contributed by atoms with E-state index in [1.165, 1.54) is 0 Å². The number of amides is 1. The molecule has 0 spiro atoms. The molecule has 1 saturated heterocycles. The van der Waals surface area contributed by atoms with Gasteiger partial charge in [-0.05, 0) is 6.42 Å². The molecule has 10 heteroatoms. The first-order valence-electron chi connectivity index (χ1n) is 8.04. The topological polar surface area (TPSA) is 81.4 Å². The molecule has 6 nitrogen and oxygen atoms in total. The van der Waals surface area contributed by atoms with Crippen LogP contribution in [0.2, 0.25) is 0 Å². The molecule has 1 amide bonds. The fourth-order valence-electron chi connectivity index (χ4n) is 2.61. The van der Waals surface area contributed by atoms with E-state index >= 15 is 0 Å². The van der Waals surface area contributed by atoms with Crippen molar-refractivity contribution in [3.05, 3.63) is 52.4 Å². The average molecular weight is 386 g/mol. The Labute approximate surface area is 150 Å². The number of carbonyl (C=O) groups is 2. The van der Waals surface area contributed by atoms with Gasteiger partial charge in [-0.3, -0.25) is 9.59 Å². The van der Waals surface area contributed by atoms with Crippen LogP contribution in [0.3, 0.4) is 0 Å². The van der Waals surface area contributed by atoms with E-state index in [2.05, 4.69) is 10.5 Å². The van der Waals surface area contributed by atoms with E-state index in [0.717, 1.165) is 12.5 Å². The molecule has 2 aromatic rings. The number of rotatable bonds is 6. The van der Waals surface area contributed by atoms with Gasteiger partial charge in [0.15, 0.2) is 29.0 Å². The highest BCUT2D eigenvalue weighted by atomic mass is 19.2. The molecule has 1 unspecified atom stereocenters. The first kappa shape index (κ1) is 19.0. The molecular weight excluding hydrogens is 372 g/mol. The Kier molecular flexibility index (Phi) is 5.54. The maximum absolute atomic E-state index is 13.6. The first-order valence-corrected chi connectivity index (χ1v) is 8.04. The Bertz CT molecular complexity index is 852. The number of benzene rings is 1. The fourth-order valence-corrected chi connectivity index (χ4v) is 2.61. The number of ketones is 1. The summed E-state index contributed by atoms with van der Waals surface area (Å²) in [6.07, 6.45) is -0.188. The van der Waals surface area contributed by atoms with Gasteiger partial charge < -0.3 is 14.6 Å². The standard InChI is InChI=1S/C17H14F4N2O4/c18-10-4-11(19)16(21)9(15(10)20)3-13(24)14-5-12(23-27-14)17(25)22-6-8-1-2-26-7-8/h4-5,8H,1-3,6-7H2,(H,22,25). The van der Waals surface area contributed by atoms with Crippen LogP contribution in [-0.4, -0.2) is 36.6 Å². The minimum Gasteiger partial charge on any atom is -0.381 e. The predicted octanol–water partition coefficient (Wildman–Crippen LogP) is 2.42. The summed E-state index contributed by atoms with van der Waals surface area (Å²) in [6, 6.07) is 1.04. The van der Waals surface area contributed by atoms with Crippen LogP contribution in [0.4, 0.5) is 17.6 Å². The number of halogens is 4. The molecule has 1 N–H and O–H groups in total. The highest BCUT2D eigenvalue weighted by Gasteiger charge is 2.25. The maximum Gasteiger partial charge on any atom is 0.273 e. The Balaban J connectivity index is 1.67. The lowest BCUT2D eigenvalue weighted by atomic mass is 10.1. The smallest absolute Gasteiger partial charge is 0.273 e. The third kappa shape index (κ3) is 4.16. The molecule has 1 atom stereocenters. The summed E-state index contributed by atoms with van der Waals surface area (Å²) in [5.74, 6) is -8.46. The van der Waals surface area contributed by atoms with Crippen molar-refractivity contribution in [2.45, 2.75) is 12.8 Å². The van der Waals surface area contributed by atoms with Gasteiger partial charge in [0, 0.05) is 43.2 Å². The van der Waals surface area contributed by atoms with Gasteiger partial charge in [0.2, 0.25) is 11.5 Å². The van der Waals surface area contributed by atoms with Crippen molar-refractivity contribution in [3.8, 4) is 0 Å². The Morgan fingerprint density at radius 3 is 2.48 bits per heavy atom. The van der Waals surface area contributed by atoms with Gasteiger partial charge in [-0.15, -0.1) is 0 Å². The van der Waals surface area contributed by atoms with E-state index in [1.807, 2.05) is 0 Å². The van der Waals surface area contributed by atoms with Gasteiger partial charge >= 0.3 is 0 Å². The lowest BCUT2D eigenvalue weighted by Crippen LogP contribution is -2.29. The van der Waals surface area contributed by atoms with Crippen molar-refractivity contribution < 1.29 is 36.4 Å². The van der Waals surface area contributed by atoms with E-state index in [-0.39, 0.29) is 17.7 Å². The maximum atomic E-state index is 13.6. The van der Waals surface area contributed by atoms with Crippen LogP contribution in [-0.2, 0) is 11.2 Å². The lowest BCUT2D eigenvalue weighted by molar-refractivity contribution is 0.0926. The quantitative estimate of drug-likeness (QED) is 0.469. The molecule has 1 aliphatic heterocycles. The zero-order valence-corrected chi connectivity index (χ0v) is 13.9. The van der Waals surface area contributed by atoms with Crippen molar-refractivity contribution in [3.63, 3.8) is 0 Å².